The lowest BCUT2D eigenvalue weighted by atomic mass is 10.00. The Morgan fingerprint density at radius 2 is 1.68 bits per heavy atom. The zero-order chi connectivity index (χ0) is 14.2. The third-order valence-corrected chi connectivity index (χ3v) is 3.78. The van der Waals surface area contributed by atoms with Gasteiger partial charge in [-0.2, -0.15) is 0 Å². The predicted octanol–water partition coefficient (Wildman–Crippen LogP) is 4.58. The topological polar surface area (TPSA) is 17.1 Å². The average Bonchev–Trinajstić information content (AvgIpc) is 2.36. The zero-order valence-corrected chi connectivity index (χ0v) is 12.0. The number of rotatable bonds is 2. The Balaban J connectivity index is 2.49. The lowest BCUT2D eigenvalue weighted by molar-refractivity contribution is 0.103. The molecule has 2 rings (SSSR count). The molecule has 0 aliphatic heterocycles. The zero-order valence-electron chi connectivity index (χ0n) is 10.4. The molecule has 0 aliphatic rings. The first-order valence-corrected chi connectivity index (χ1v) is 6.46. The van der Waals surface area contributed by atoms with Crippen molar-refractivity contribution >= 4 is 21.7 Å². The molecule has 0 amide bonds. The van der Waals surface area contributed by atoms with Crippen molar-refractivity contribution in [3.8, 4) is 0 Å². The van der Waals surface area contributed by atoms with Crippen LogP contribution < -0.4 is 0 Å². The number of carbonyl (C=O) groups excluding carboxylic acids is 1. The standard InChI is InChI=1S/C15H11BrF2O/c1-8-3-4-10(6-12(8)16)15(19)11-5-9(2)13(17)7-14(11)18/h3-7H,1-2H3. The Hall–Kier alpha value is -1.55. The SMILES string of the molecule is Cc1cc(C(=O)c2ccc(C)c(Br)c2)c(F)cc1F. The highest BCUT2D eigenvalue weighted by Crippen LogP contribution is 2.22. The summed E-state index contributed by atoms with van der Waals surface area (Å²) in [5, 5.41) is 0. The van der Waals surface area contributed by atoms with E-state index in [2.05, 4.69) is 15.9 Å². The Morgan fingerprint density at radius 1 is 1.00 bits per heavy atom. The highest BCUT2D eigenvalue weighted by Gasteiger charge is 2.16. The van der Waals surface area contributed by atoms with Crippen LogP contribution in [0.5, 0.6) is 0 Å². The van der Waals surface area contributed by atoms with Crippen LogP contribution >= 0.6 is 15.9 Å². The first kappa shape index (κ1) is 13.9. The van der Waals surface area contributed by atoms with Gasteiger partial charge in [0, 0.05) is 16.1 Å². The molecule has 0 N–H and O–H groups in total. The molecule has 0 bridgehead atoms. The van der Waals surface area contributed by atoms with Gasteiger partial charge in [0.25, 0.3) is 0 Å². The van der Waals surface area contributed by atoms with Crippen LogP contribution in [-0.4, -0.2) is 5.78 Å². The van der Waals surface area contributed by atoms with Gasteiger partial charge >= 0.3 is 0 Å². The maximum absolute atomic E-state index is 13.7. The minimum Gasteiger partial charge on any atom is -0.288 e. The van der Waals surface area contributed by atoms with Gasteiger partial charge in [0.1, 0.15) is 11.6 Å². The first-order chi connectivity index (χ1) is 8.90. The largest absolute Gasteiger partial charge is 0.288 e. The molecule has 0 saturated carbocycles. The maximum Gasteiger partial charge on any atom is 0.196 e. The fourth-order valence-electron chi connectivity index (χ4n) is 1.72. The molecule has 0 unspecified atom stereocenters. The molecule has 2 aromatic carbocycles. The van der Waals surface area contributed by atoms with E-state index in [-0.39, 0.29) is 11.1 Å². The smallest absolute Gasteiger partial charge is 0.196 e. The van der Waals surface area contributed by atoms with Gasteiger partial charge in [0.2, 0.25) is 0 Å². The molecule has 0 atom stereocenters. The average molecular weight is 325 g/mol. The van der Waals surface area contributed by atoms with Crippen molar-refractivity contribution < 1.29 is 13.6 Å². The molecule has 0 aliphatic carbocycles. The van der Waals surface area contributed by atoms with Gasteiger partial charge in [-0.15, -0.1) is 0 Å². The second-order valence-corrected chi connectivity index (χ2v) is 5.23. The molecule has 0 aromatic heterocycles. The van der Waals surface area contributed by atoms with E-state index in [1.165, 1.54) is 13.0 Å². The van der Waals surface area contributed by atoms with Crippen molar-refractivity contribution in [1.82, 2.24) is 0 Å². The monoisotopic (exact) mass is 324 g/mol. The Labute approximate surface area is 118 Å². The molecule has 0 fully saturated rings. The molecular formula is C15H11BrF2O. The summed E-state index contributed by atoms with van der Waals surface area (Å²) >= 11 is 3.33. The molecule has 0 saturated heterocycles. The Bertz CT molecular complexity index is 665. The highest BCUT2D eigenvalue weighted by atomic mass is 79.9. The molecule has 98 valence electrons. The number of hydrogen-bond acceptors (Lipinski definition) is 1. The summed E-state index contributed by atoms with van der Waals surface area (Å²) in [7, 11) is 0. The Kier molecular flexibility index (Phi) is 3.80. The molecule has 2 aromatic rings. The Morgan fingerprint density at radius 3 is 2.32 bits per heavy atom. The fourth-order valence-corrected chi connectivity index (χ4v) is 2.10. The summed E-state index contributed by atoms with van der Waals surface area (Å²) in [6.45, 7) is 3.39. The first-order valence-electron chi connectivity index (χ1n) is 5.66. The molecule has 19 heavy (non-hydrogen) atoms. The number of ketones is 1. The van der Waals surface area contributed by atoms with Crippen molar-refractivity contribution in [2.24, 2.45) is 0 Å². The lowest BCUT2D eigenvalue weighted by Gasteiger charge is -2.06. The van der Waals surface area contributed by atoms with Crippen LogP contribution in [0.25, 0.3) is 0 Å². The van der Waals surface area contributed by atoms with Crippen LogP contribution in [0.3, 0.4) is 0 Å². The van der Waals surface area contributed by atoms with Gasteiger partial charge < -0.3 is 0 Å². The van der Waals surface area contributed by atoms with E-state index in [1.54, 1.807) is 18.2 Å². The number of halogens is 3. The molecule has 0 spiro atoms. The van der Waals surface area contributed by atoms with E-state index >= 15 is 0 Å². The van der Waals surface area contributed by atoms with Gasteiger partial charge in [-0.25, -0.2) is 8.78 Å². The molecule has 4 heteroatoms. The van der Waals surface area contributed by atoms with Crippen molar-refractivity contribution in [3.63, 3.8) is 0 Å². The van der Waals surface area contributed by atoms with Crippen molar-refractivity contribution in [2.75, 3.05) is 0 Å². The number of hydrogen-bond donors (Lipinski definition) is 0. The highest BCUT2D eigenvalue weighted by molar-refractivity contribution is 9.10. The molecule has 0 heterocycles. The quantitative estimate of drug-likeness (QED) is 0.739. The summed E-state index contributed by atoms with van der Waals surface area (Å²) in [4.78, 5) is 12.2. The van der Waals surface area contributed by atoms with Gasteiger partial charge in [0.05, 0.1) is 5.56 Å². The van der Waals surface area contributed by atoms with Gasteiger partial charge in [-0.05, 0) is 37.1 Å². The normalized spacial score (nSPS) is 10.6. The van der Waals surface area contributed by atoms with Crippen LogP contribution in [0.4, 0.5) is 8.78 Å². The van der Waals surface area contributed by atoms with Crippen LogP contribution in [0.15, 0.2) is 34.8 Å². The number of carbonyl (C=O) groups is 1. The number of aryl methyl sites for hydroxylation is 2. The van der Waals surface area contributed by atoms with Gasteiger partial charge in [0.15, 0.2) is 5.78 Å². The molecule has 0 radical (unpaired) electrons. The predicted molar refractivity (Wildman–Crippen MR) is 73.4 cm³/mol. The van der Waals surface area contributed by atoms with E-state index < -0.39 is 17.4 Å². The molecular weight excluding hydrogens is 314 g/mol. The lowest BCUT2D eigenvalue weighted by Crippen LogP contribution is -2.06. The van der Waals surface area contributed by atoms with Gasteiger partial charge in [-0.3, -0.25) is 4.79 Å². The fraction of sp³-hybridized carbons (Fsp3) is 0.133. The van der Waals surface area contributed by atoms with E-state index in [4.69, 9.17) is 0 Å². The number of benzene rings is 2. The summed E-state index contributed by atoms with van der Waals surface area (Å²) < 4.78 is 27.6. The summed E-state index contributed by atoms with van der Waals surface area (Å²) in [6.07, 6.45) is 0. The second-order valence-electron chi connectivity index (χ2n) is 4.37. The van der Waals surface area contributed by atoms with Crippen LogP contribution in [0.2, 0.25) is 0 Å². The third-order valence-electron chi connectivity index (χ3n) is 2.93. The summed E-state index contributed by atoms with van der Waals surface area (Å²) in [6, 6.07) is 7.01. The van der Waals surface area contributed by atoms with E-state index in [0.717, 1.165) is 16.1 Å². The van der Waals surface area contributed by atoms with Crippen molar-refractivity contribution in [1.29, 1.82) is 0 Å². The van der Waals surface area contributed by atoms with Crippen molar-refractivity contribution in [3.05, 3.63) is 68.7 Å². The summed E-state index contributed by atoms with van der Waals surface area (Å²) in [5.41, 5.74) is 1.47. The van der Waals surface area contributed by atoms with E-state index in [1.807, 2.05) is 6.92 Å². The molecule has 1 nitrogen and oxygen atoms in total. The minimum atomic E-state index is -0.843. The maximum atomic E-state index is 13.7. The summed E-state index contributed by atoms with van der Waals surface area (Å²) in [5.74, 6) is -1.95. The second kappa shape index (κ2) is 5.21. The van der Waals surface area contributed by atoms with E-state index in [9.17, 15) is 13.6 Å². The van der Waals surface area contributed by atoms with Crippen LogP contribution in [0.1, 0.15) is 27.0 Å². The third kappa shape index (κ3) is 2.73. The van der Waals surface area contributed by atoms with E-state index in [0.29, 0.717) is 5.56 Å². The van der Waals surface area contributed by atoms with Crippen LogP contribution in [-0.2, 0) is 0 Å². The van der Waals surface area contributed by atoms with Gasteiger partial charge in [-0.1, -0.05) is 28.1 Å². The van der Waals surface area contributed by atoms with Crippen molar-refractivity contribution in [2.45, 2.75) is 13.8 Å². The van der Waals surface area contributed by atoms with Crippen LogP contribution in [0, 0.1) is 25.5 Å². The minimum absolute atomic E-state index is 0.116.